The molecule has 0 amide bonds. The SMILES string of the molecule is COc1cc(N2CCC(N3CCN(C)CC3)CC2)c(Cl)cc1Nc1ncc(Cl)c(Nc2cc3c(cc2N(C)S(C)(=O)=O)CCO3)n1. The number of aromatic nitrogens is 2. The fraction of sp³-hybridized carbons (Fsp3) is 0.484. The number of rotatable bonds is 9. The van der Waals surface area contributed by atoms with E-state index in [2.05, 4.69) is 42.3 Å². The van der Waals surface area contributed by atoms with Gasteiger partial charge in [0.25, 0.3) is 0 Å². The minimum atomic E-state index is -3.54. The molecular weight excluding hydrogens is 651 g/mol. The van der Waals surface area contributed by atoms with Gasteiger partial charge in [0.05, 0.1) is 53.9 Å². The molecule has 0 unspecified atom stereocenters. The molecule has 2 fully saturated rings. The number of likely N-dealkylation sites (N-methyl/N-ethyl adjacent to an activating group) is 1. The molecule has 0 saturated carbocycles. The van der Waals surface area contributed by atoms with E-state index in [4.69, 9.17) is 32.7 Å². The minimum absolute atomic E-state index is 0.248. The molecule has 248 valence electrons. The number of anilines is 6. The smallest absolute Gasteiger partial charge is 0.232 e. The molecule has 6 rings (SSSR count). The number of halogens is 2. The summed E-state index contributed by atoms with van der Waals surface area (Å²) in [5, 5.41) is 7.25. The van der Waals surface area contributed by atoms with E-state index in [1.54, 1.807) is 13.2 Å². The predicted molar refractivity (Wildman–Crippen MR) is 185 cm³/mol. The zero-order chi connectivity index (χ0) is 32.6. The number of methoxy groups -OCH3 is 1. The lowest BCUT2D eigenvalue weighted by molar-refractivity contribution is 0.0982. The molecule has 12 nitrogen and oxygen atoms in total. The van der Waals surface area contributed by atoms with E-state index in [9.17, 15) is 8.42 Å². The van der Waals surface area contributed by atoms with Crippen LogP contribution >= 0.6 is 23.2 Å². The first kappa shape index (κ1) is 32.7. The fourth-order valence-electron chi connectivity index (χ4n) is 6.23. The van der Waals surface area contributed by atoms with Crippen molar-refractivity contribution in [2.45, 2.75) is 25.3 Å². The Bertz CT molecular complexity index is 1700. The van der Waals surface area contributed by atoms with Crippen LogP contribution in [0.2, 0.25) is 10.0 Å². The first-order valence-electron chi connectivity index (χ1n) is 15.4. The van der Waals surface area contributed by atoms with Crippen molar-refractivity contribution in [3.05, 3.63) is 46.1 Å². The van der Waals surface area contributed by atoms with Crippen LogP contribution in [0.1, 0.15) is 18.4 Å². The first-order valence-corrected chi connectivity index (χ1v) is 18.0. The molecule has 15 heteroatoms. The highest BCUT2D eigenvalue weighted by molar-refractivity contribution is 7.92. The molecule has 0 atom stereocenters. The van der Waals surface area contributed by atoms with Gasteiger partial charge in [0, 0.05) is 70.9 Å². The maximum atomic E-state index is 12.4. The normalized spacial score (nSPS) is 17.8. The van der Waals surface area contributed by atoms with E-state index >= 15 is 0 Å². The maximum Gasteiger partial charge on any atom is 0.232 e. The third kappa shape index (κ3) is 7.03. The lowest BCUT2D eigenvalue weighted by atomic mass is 10.0. The number of nitrogens with zero attached hydrogens (tertiary/aromatic N) is 6. The van der Waals surface area contributed by atoms with Crippen LogP contribution in [-0.4, -0.2) is 108 Å². The van der Waals surface area contributed by atoms with Crippen molar-refractivity contribution in [1.82, 2.24) is 19.8 Å². The number of fused-ring (bicyclic) bond motifs is 1. The van der Waals surface area contributed by atoms with Gasteiger partial charge in [-0.3, -0.25) is 9.21 Å². The average molecular weight is 692 g/mol. The Morgan fingerprint density at radius 3 is 2.43 bits per heavy atom. The Labute approximate surface area is 280 Å². The summed E-state index contributed by atoms with van der Waals surface area (Å²) in [6, 6.07) is 7.95. The van der Waals surface area contributed by atoms with Crippen LogP contribution in [0.3, 0.4) is 0 Å². The van der Waals surface area contributed by atoms with E-state index in [1.165, 1.54) is 17.5 Å². The molecule has 0 aliphatic carbocycles. The molecule has 46 heavy (non-hydrogen) atoms. The highest BCUT2D eigenvalue weighted by Crippen LogP contribution is 2.41. The molecule has 0 radical (unpaired) electrons. The van der Waals surface area contributed by atoms with Gasteiger partial charge in [-0.2, -0.15) is 4.98 Å². The predicted octanol–water partition coefficient (Wildman–Crippen LogP) is 4.83. The highest BCUT2D eigenvalue weighted by Gasteiger charge is 2.28. The van der Waals surface area contributed by atoms with E-state index in [-0.39, 0.29) is 16.8 Å². The zero-order valence-electron chi connectivity index (χ0n) is 26.5. The zero-order valence-corrected chi connectivity index (χ0v) is 28.8. The third-order valence-electron chi connectivity index (χ3n) is 9.02. The number of piperazine rings is 1. The summed E-state index contributed by atoms with van der Waals surface area (Å²) in [7, 11) is 1.76. The first-order chi connectivity index (χ1) is 22.0. The van der Waals surface area contributed by atoms with Gasteiger partial charge in [-0.25, -0.2) is 13.4 Å². The van der Waals surface area contributed by atoms with E-state index < -0.39 is 10.0 Å². The van der Waals surface area contributed by atoms with Crippen LogP contribution in [0.25, 0.3) is 0 Å². The van der Waals surface area contributed by atoms with Crippen LogP contribution in [0.15, 0.2) is 30.5 Å². The quantitative estimate of drug-likeness (QED) is 0.322. The van der Waals surface area contributed by atoms with Crippen LogP contribution in [-0.2, 0) is 16.4 Å². The van der Waals surface area contributed by atoms with Gasteiger partial charge in [0.2, 0.25) is 16.0 Å². The topological polar surface area (TPSA) is 115 Å². The Hall–Kier alpha value is -3.23. The molecule has 3 aromatic rings. The van der Waals surface area contributed by atoms with Crippen molar-refractivity contribution in [3.63, 3.8) is 0 Å². The van der Waals surface area contributed by atoms with Gasteiger partial charge in [0.15, 0.2) is 5.82 Å². The monoisotopic (exact) mass is 690 g/mol. The standard InChI is InChI=1S/C31H40Cl2N8O4S/c1-38-10-12-40(13-11-38)21-5-8-41(9-6-21)26-18-29(44-3)25(16-22(26)32)36-31-34-19-23(33)30(37-31)35-24-17-28-20(7-14-45-28)15-27(24)39(2)46(4,42)43/h15-19,21H,5-14H2,1-4H3,(H2,34,35,36,37). The lowest BCUT2D eigenvalue weighted by Gasteiger charge is -2.42. The summed E-state index contributed by atoms with van der Waals surface area (Å²) >= 11 is 13.4. The molecule has 2 N–H and O–H groups in total. The molecule has 2 aromatic carbocycles. The molecule has 2 saturated heterocycles. The number of sulfonamides is 1. The molecule has 1 aromatic heterocycles. The van der Waals surface area contributed by atoms with Gasteiger partial charge in [-0.15, -0.1) is 0 Å². The van der Waals surface area contributed by atoms with Crippen LogP contribution < -0.4 is 29.3 Å². The minimum Gasteiger partial charge on any atom is -0.494 e. The largest absolute Gasteiger partial charge is 0.494 e. The number of benzene rings is 2. The van der Waals surface area contributed by atoms with Gasteiger partial charge in [0.1, 0.15) is 16.5 Å². The summed E-state index contributed by atoms with van der Waals surface area (Å²) in [5.74, 6) is 1.81. The number of nitrogens with one attached hydrogen (secondary N) is 2. The Balaban J connectivity index is 1.20. The Morgan fingerprint density at radius 2 is 1.74 bits per heavy atom. The average Bonchev–Trinajstić information content (AvgIpc) is 3.50. The van der Waals surface area contributed by atoms with Crippen LogP contribution in [0.4, 0.5) is 34.5 Å². The third-order valence-corrected chi connectivity index (χ3v) is 10.8. The second-order valence-corrected chi connectivity index (χ2v) is 14.8. The second kappa shape index (κ2) is 13.5. The van der Waals surface area contributed by atoms with E-state index in [1.807, 2.05) is 18.2 Å². The molecule has 3 aliphatic rings. The van der Waals surface area contributed by atoms with Crippen LogP contribution in [0, 0.1) is 0 Å². The summed E-state index contributed by atoms with van der Waals surface area (Å²) in [4.78, 5) is 16.3. The number of hydrogen-bond donors (Lipinski definition) is 2. The second-order valence-electron chi connectivity index (χ2n) is 12.0. The van der Waals surface area contributed by atoms with E-state index in [0.29, 0.717) is 52.7 Å². The van der Waals surface area contributed by atoms with Gasteiger partial charge in [-0.05, 0) is 37.6 Å². The highest BCUT2D eigenvalue weighted by atomic mass is 35.5. The molecule has 0 spiro atoms. The molecular formula is C31H40Cl2N8O4S. The summed E-state index contributed by atoms with van der Waals surface area (Å²) in [5.41, 5.74) is 3.38. The van der Waals surface area contributed by atoms with Crippen molar-refractivity contribution < 1.29 is 17.9 Å². The number of hydrogen-bond acceptors (Lipinski definition) is 11. The van der Waals surface area contributed by atoms with Gasteiger partial charge < -0.3 is 29.9 Å². The summed E-state index contributed by atoms with van der Waals surface area (Å²) in [6.07, 6.45) is 5.50. The molecule has 4 heterocycles. The van der Waals surface area contributed by atoms with Gasteiger partial charge in [-0.1, -0.05) is 23.2 Å². The van der Waals surface area contributed by atoms with Crippen molar-refractivity contribution in [2.24, 2.45) is 0 Å². The fourth-order valence-corrected chi connectivity index (χ4v) is 7.16. The van der Waals surface area contributed by atoms with Gasteiger partial charge >= 0.3 is 0 Å². The van der Waals surface area contributed by atoms with Crippen LogP contribution in [0.5, 0.6) is 11.5 Å². The molecule has 0 bridgehead atoms. The number of ether oxygens (including phenoxy) is 2. The Kier molecular flexibility index (Phi) is 9.58. The van der Waals surface area contributed by atoms with Crippen molar-refractivity contribution in [2.75, 3.05) is 93.2 Å². The maximum absolute atomic E-state index is 12.4. The van der Waals surface area contributed by atoms with E-state index in [0.717, 1.165) is 69.6 Å². The van der Waals surface area contributed by atoms with Crippen molar-refractivity contribution in [3.8, 4) is 11.5 Å². The summed E-state index contributed by atoms with van der Waals surface area (Å²) in [6.45, 7) is 6.87. The van der Waals surface area contributed by atoms with Crippen molar-refractivity contribution in [1.29, 1.82) is 0 Å². The summed E-state index contributed by atoms with van der Waals surface area (Å²) < 4.78 is 37.6. The number of piperidine rings is 1. The lowest BCUT2D eigenvalue weighted by Crippen LogP contribution is -2.52. The Morgan fingerprint density at radius 1 is 1.00 bits per heavy atom. The molecule has 3 aliphatic heterocycles. The van der Waals surface area contributed by atoms with Crippen molar-refractivity contribution >= 4 is 67.7 Å².